The summed E-state index contributed by atoms with van der Waals surface area (Å²) < 4.78 is 0. The Hall–Kier alpha value is -4.45. The Morgan fingerprint density at radius 3 is 2.31 bits per heavy atom. The Morgan fingerprint density at radius 1 is 0.844 bits per heavy atom. The second kappa shape index (κ2) is 8.73. The highest BCUT2D eigenvalue weighted by Gasteiger charge is 2.18. The van der Waals surface area contributed by atoms with E-state index in [9.17, 15) is 19.8 Å². The van der Waals surface area contributed by atoms with Gasteiger partial charge in [0.15, 0.2) is 0 Å². The van der Waals surface area contributed by atoms with Crippen LogP contribution in [-0.2, 0) is 0 Å². The van der Waals surface area contributed by atoms with Gasteiger partial charge < -0.3 is 15.5 Å². The van der Waals surface area contributed by atoms with Crippen LogP contribution in [0.15, 0.2) is 85.1 Å². The van der Waals surface area contributed by atoms with Crippen LogP contribution in [0, 0.1) is 6.92 Å². The average molecular weight is 424 g/mol. The van der Waals surface area contributed by atoms with Crippen molar-refractivity contribution in [2.45, 2.75) is 6.92 Å². The first kappa shape index (κ1) is 20.8. The Bertz CT molecular complexity index is 1320. The van der Waals surface area contributed by atoms with Crippen LogP contribution in [-0.4, -0.2) is 27.1 Å². The van der Waals surface area contributed by atoms with Gasteiger partial charge in [-0.2, -0.15) is 0 Å². The molecule has 0 atom stereocenters. The summed E-state index contributed by atoms with van der Waals surface area (Å²) in [7, 11) is 0. The zero-order chi connectivity index (χ0) is 22.7. The number of aromatic nitrogens is 1. The third kappa shape index (κ3) is 4.20. The van der Waals surface area contributed by atoms with E-state index in [4.69, 9.17) is 0 Å². The molecule has 32 heavy (non-hydrogen) atoms. The molecule has 6 heteroatoms. The predicted octanol–water partition coefficient (Wildman–Crippen LogP) is 5.38. The van der Waals surface area contributed by atoms with Gasteiger partial charge in [-0.05, 0) is 66.1 Å². The van der Waals surface area contributed by atoms with Crippen LogP contribution >= 0.6 is 0 Å². The number of hydrogen-bond donors (Lipinski definition) is 3. The van der Waals surface area contributed by atoms with Gasteiger partial charge >= 0.3 is 5.97 Å². The van der Waals surface area contributed by atoms with Crippen molar-refractivity contribution in [3.63, 3.8) is 0 Å². The number of nitrogens with one attached hydrogen (secondary N) is 1. The molecule has 0 saturated heterocycles. The largest absolute Gasteiger partial charge is 0.507 e. The quantitative estimate of drug-likeness (QED) is 0.399. The summed E-state index contributed by atoms with van der Waals surface area (Å²) in [5.41, 5.74) is 4.14. The Balaban J connectivity index is 1.72. The van der Waals surface area contributed by atoms with Crippen molar-refractivity contribution in [2.24, 2.45) is 0 Å². The summed E-state index contributed by atoms with van der Waals surface area (Å²) in [4.78, 5) is 29.0. The summed E-state index contributed by atoms with van der Waals surface area (Å²) in [5.74, 6) is -2.00. The maximum absolute atomic E-state index is 13.0. The van der Waals surface area contributed by atoms with Gasteiger partial charge in [-0.3, -0.25) is 9.78 Å². The number of rotatable bonds is 5. The topological polar surface area (TPSA) is 99.5 Å². The van der Waals surface area contributed by atoms with Crippen LogP contribution in [0.3, 0.4) is 0 Å². The zero-order valence-electron chi connectivity index (χ0n) is 17.2. The lowest BCUT2D eigenvalue weighted by Gasteiger charge is -2.13. The molecule has 0 unspecified atom stereocenters. The number of carboxylic acids is 1. The minimum Gasteiger partial charge on any atom is -0.507 e. The molecule has 1 amide bonds. The monoisotopic (exact) mass is 424 g/mol. The third-order valence-electron chi connectivity index (χ3n) is 5.16. The number of pyridine rings is 1. The van der Waals surface area contributed by atoms with Crippen molar-refractivity contribution < 1.29 is 19.8 Å². The lowest BCUT2D eigenvalue weighted by atomic mass is 9.98. The van der Waals surface area contributed by atoms with E-state index in [0.717, 1.165) is 16.7 Å². The van der Waals surface area contributed by atoms with Gasteiger partial charge in [0.1, 0.15) is 5.75 Å². The van der Waals surface area contributed by atoms with Gasteiger partial charge in [-0.1, -0.05) is 36.4 Å². The first-order valence-corrected chi connectivity index (χ1v) is 9.93. The summed E-state index contributed by atoms with van der Waals surface area (Å²) in [6, 6.07) is 22.5. The Kier molecular flexibility index (Phi) is 5.68. The van der Waals surface area contributed by atoms with Crippen molar-refractivity contribution in [3.8, 4) is 28.1 Å². The predicted molar refractivity (Wildman–Crippen MR) is 123 cm³/mol. The van der Waals surface area contributed by atoms with E-state index in [-0.39, 0.29) is 22.6 Å². The molecule has 0 aliphatic heterocycles. The van der Waals surface area contributed by atoms with Crippen LogP contribution in [0.25, 0.3) is 22.4 Å². The molecule has 0 fully saturated rings. The fourth-order valence-corrected chi connectivity index (χ4v) is 3.50. The minimum atomic E-state index is -1.16. The summed E-state index contributed by atoms with van der Waals surface area (Å²) in [6.45, 7) is 1.96. The third-order valence-corrected chi connectivity index (χ3v) is 5.16. The highest BCUT2D eigenvalue weighted by Crippen LogP contribution is 2.30. The Morgan fingerprint density at radius 2 is 1.59 bits per heavy atom. The molecular weight excluding hydrogens is 404 g/mol. The molecule has 4 aromatic rings. The van der Waals surface area contributed by atoms with Gasteiger partial charge in [0.2, 0.25) is 0 Å². The molecule has 0 aliphatic rings. The van der Waals surface area contributed by atoms with E-state index in [0.29, 0.717) is 11.3 Å². The fourth-order valence-electron chi connectivity index (χ4n) is 3.50. The number of aromatic hydroxyl groups is 1. The first-order valence-electron chi connectivity index (χ1n) is 9.93. The first-order chi connectivity index (χ1) is 15.4. The number of amides is 1. The number of nitrogens with zero attached hydrogens (tertiary/aromatic N) is 1. The van der Waals surface area contributed by atoms with Crippen LogP contribution < -0.4 is 5.32 Å². The maximum Gasteiger partial charge on any atom is 0.337 e. The molecule has 3 aromatic carbocycles. The zero-order valence-corrected chi connectivity index (χ0v) is 17.2. The molecule has 3 N–H and O–H groups in total. The van der Waals surface area contributed by atoms with Crippen molar-refractivity contribution >= 4 is 17.6 Å². The van der Waals surface area contributed by atoms with Crippen molar-refractivity contribution in [1.29, 1.82) is 0 Å². The molecule has 0 saturated carbocycles. The maximum atomic E-state index is 13.0. The molecule has 4 rings (SSSR count). The van der Waals surface area contributed by atoms with Crippen LogP contribution in [0.5, 0.6) is 5.75 Å². The molecule has 1 heterocycles. The molecule has 0 aliphatic carbocycles. The van der Waals surface area contributed by atoms with Crippen molar-refractivity contribution in [2.75, 3.05) is 5.32 Å². The molecule has 0 radical (unpaired) electrons. The SMILES string of the molecule is Cc1ccccc1-c1ccc(C(=O)O)c(NC(=O)c2cc(-c3ccccn3)ccc2O)c1. The minimum absolute atomic E-state index is 0.0192. The normalized spacial score (nSPS) is 10.5. The van der Waals surface area contributed by atoms with E-state index in [1.54, 1.807) is 36.5 Å². The van der Waals surface area contributed by atoms with E-state index in [1.165, 1.54) is 18.2 Å². The van der Waals surface area contributed by atoms with Gasteiger partial charge in [0.25, 0.3) is 5.91 Å². The molecular formula is C26H20N2O4. The summed E-state index contributed by atoms with van der Waals surface area (Å²) in [6.07, 6.45) is 1.64. The number of anilines is 1. The van der Waals surface area contributed by atoms with E-state index >= 15 is 0 Å². The summed E-state index contributed by atoms with van der Waals surface area (Å²) >= 11 is 0. The lowest BCUT2D eigenvalue weighted by Crippen LogP contribution is -2.15. The number of phenols is 1. The number of carboxylic acid groups (broad SMARTS) is 1. The number of carbonyl (C=O) groups is 2. The number of aryl methyl sites for hydroxylation is 1. The van der Waals surface area contributed by atoms with E-state index < -0.39 is 11.9 Å². The highest BCUT2D eigenvalue weighted by molar-refractivity contribution is 6.10. The average Bonchev–Trinajstić information content (AvgIpc) is 2.80. The number of hydrogen-bond acceptors (Lipinski definition) is 4. The molecule has 1 aromatic heterocycles. The van der Waals surface area contributed by atoms with Crippen LogP contribution in [0.2, 0.25) is 0 Å². The smallest absolute Gasteiger partial charge is 0.337 e. The van der Waals surface area contributed by atoms with Gasteiger partial charge in [0.05, 0.1) is 22.5 Å². The Labute approximate surface area is 184 Å². The number of benzene rings is 3. The van der Waals surface area contributed by atoms with Crippen LogP contribution in [0.1, 0.15) is 26.3 Å². The van der Waals surface area contributed by atoms with Gasteiger partial charge in [-0.15, -0.1) is 0 Å². The van der Waals surface area contributed by atoms with E-state index in [2.05, 4.69) is 10.3 Å². The second-order valence-electron chi connectivity index (χ2n) is 7.28. The second-order valence-corrected chi connectivity index (χ2v) is 7.28. The molecule has 0 bridgehead atoms. The number of aromatic carboxylic acids is 1. The molecule has 6 nitrogen and oxygen atoms in total. The van der Waals surface area contributed by atoms with Crippen molar-refractivity contribution in [1.82, 2.24) is 4.98 Å². The molecule has 158 valence electrons. The van der Waals surface area contributed by atoms with Gasteiger partial charge in [-0.25, -0.2) is 4.79 Å². The highest BCUT2D eigenvalue weighted by atomic mass is 16.4. The fraction of sp³-hybridized carbons (Fsp3) is 0.0385. The molecule has 0 spiro atoms. The standard InChI is InChI=1S/C26H20N2O4/c1-16-6-2-3-7-19(16)17-9-11-20(26(31)32)23(15-17)28-25(30)21-14-18(10-12-24(21)29)22-8-4-5-13-27-22/h2-15,29H,1H3,(H,28,30)(H,31,32). The van der Waals surface area contributed by atoms with Crippen molar-refractivity contribution in [3.05, 3.63) is 102 Å². The van der Waals surface area contributed by atoms with Gasteiger partial charge in [0, 0.05) is 11.8 Å². The van der Waals surface area contributed by atoms with E-state index in [1.807, 2.05) is 37.3 Å². The number of phenolic OH excluding ortho intramolecular Hbond substituents is 1. The van der Waals surface area contributed by atoms with Crippen LogP contribution in [0.4, 0.5) is 5.69 Å². The lowest BCUT2D eigenvalue weighted by molar-refractivity contribution is 0.0698. The summed E-state index contributed by atoms with van der Waals surface area (Å²) in [5, 5.41) is 22.5. The number of carbonyl (C=O) groups excluding carboxylic acids is 1.